The number of thiocarbonyl (C=S) groups is 1. The summed E-state index contributed by atoms with van der Waals surface area (Å²) in [5.41, 5.74) is 2.31. The molecule has 0 fully saturated rings. The first kappa shape index (κ1) is 16.5. The van der Waals surface area contributed by atoms with Crippen LogP contribution in [0.2, 0.25) is 0 Å². The Kier molecular flexibility index (Phi) is 7.04. The lowest BCUT2D eigenvalue weighted by atomic mass is 10.2. The Hall–Kier alpha value is -1.59. The molecule has 0 aliphatic carbocycles. The van der Waals surface area contributed by atoms with Crippen molar-refractivity contribution < 1.29 is 4.79 Å². The fraction of sp³-hybridized carbons (Fsp3) is 0.200. The zero-order chi connectivity index (χ0) is 15.0. The Labute approximate surface area is 129 Å². The van der Waals surface area contributed by atoms with Crippen LogP contribution in [0.25, 0.3) is 6.08 Å². The molecule has 0 bridgehead atoms. The summed E-state index contributed by atoms with van der Waals surface area (Å²) >= 11 is 6.32. The van der Waals surface area contributed by atoms with Gasteiger partial charge in [0.2, 0.25) is 6.41 Å². The van der Waals surface area contributed by atoms with Gasteiger partial charge in [0, 0.05) is 19.8 Å². The number of carbonyl (C=O) groups excluding carboxylic acids is 1. The van der Waals surface area contributed by atoms with Gasteiger partial charge in [0.1, 0.15) is 4.32 Å². The lowest BCUT2D eigenvalue weighted by molar-refractivity contribution is -0.108. The molecule has 20 heavy (non-hydrogen) atoms. The molecule has 0 atom stereocenters. The standard InChI is InChI=1S/C15H18N2OS2/c1-12(20-15(19)16-11-18)5-4-6-13-7-9-14(10-8-13)17(2)3/h4-11H,1-3H3,(H,16,18,19)/b6-4+,12-5+. The minimum absolute atomic E-state index is 0.456. The quantitative estimate of drug-likeness (QED) is 0.513. The zero-order valence-corrected chi connectivity index (χ0v) is 13.4. The monoisotopic (exact) mass is 306 g/mol. The van der Waals surface area contributed by atoms with Gasteiger partial charge in [-0.05, 0) is 29.5 Å². The molecule has 5 heteroatoms. The van der Waals surface area contributed by atoms with Gasteiger partial charge in [-0.15, -0.1) is 0 Å². The van der Waals surface area contributed by atoms with Crippen LogP contribution in [0.4, 0.5) is 5.69 Å². The van der Waals surface area contributed by atoms with Crippen LogP contribution in [0.3, 0.4) is 0 Å². The lowest BCUT2D eigenvalue weighted by Gasteiger charge is -2.11. The Morgan fingerprint density at radius 1 is 1.30 bits per heavy atom. The number of hydrogen-bond donors (Lipinski definition) is 1. The average molecular weight is 306 g/mol. The van der Waals surface area contributed by atoms with Gasteiger partial charge in [-0.1, -0.05) is 54.3 Å². The minimum atomic E-state index is 0.456. The third-order valence-electron chi connectivity index (χ3n) is 2.46. The van der Waals surface area contributed by atoms with Crippen LogP contribution in [-0.4, -0.2) is 24.8 Å². The number of carbonyl (C=O) groups is 1. The maximum Gasteiger partial charge on any atom is 0.212 e. The second kappa shape index (κ2) is 8.55. The van der Waals surface area contributed by atoms with Crippen LogP contribution in [-0.2, 0) is 4.79 Å². The molecule has 3 nitrogen and oxygen atoms in total. The number of nitrogens with one attached hydrogen (secondary N) is 1. The van der Waals surface area contributed by atoms with Gasteiger partial charge in [0.05, 0.1) is 0 Å². The maximum atomic E-state index is 10.2. The number of amides is 1. The van der Waals surface area contributed by atoms with Crippen molar-refractivity contribution in [2.45, 2.75) is 6.92 Å². The Morgan fingerprint density at radius 3 is 2.50 bits per heavy atom. The summed E-state index contributed by atoms with van der Waals surface area (Å²) in [5.74, 6) is 0. The van der Waals surface area contributed by atoms with Gasteiger partial charge in [-0.25, -0.2) is 0 Å². The van der Waals surface area contributed by atoms with Crippen molar-refractivity contribution in [3.63, 3.8) is 0 Å². The number of allylic oxidation sites excluding steroid dienone is 3. The largest absolute Gasteiger partial charge is 0.378 e. The van der Waals surface area contributed by atoms with Crippen molar-refractivity contribution in [3.8, 4) is 0 Å². The summed E-state index contributed by atoms with van der Waals surface area (Å²) < 4.78 is 0.456. The molecule has 1 aromatic rings. The fourth-order valence-electron chi connectivity index (χ4n) is 1.44. The second-order valence-electron chi connectivity index (χ2n) is 4.27. The van der Waals surface area contributed by atoms with E-state index in [4.69, 9.17) is 12.2 Å². The number of hydrogen-bond acceptors (Lipinski definition) is 4. The van der Waals surface area contributed by atoms with E-state index in [0.717, 1.165) is 10.5 Å². The summed E-state index contributed by atoms with van der Waals surface area (Å²) in [4.78, 5) is 13.3. The highest BCUT2D eigenvalue weighted by Crippen LogP contribution is 2.16. The van der Waals surface area contributed by atoms with E-state index in [2.05, 4.69) is 34.5 Å². The predicted octanol–water partition coefficient (Wildman–Crippen LogP) is 3.43. The van der Waals surface area contributed by atoms with E-state index >= 15 is 0 Å². The van der Waals surface area contributed by atoms with Crippen molar-refractivity contribution in [2.75, 3.05) is 19.0 Å². The van der Waals surface area contributed by atoms with E-state index < -0.39 is 0 Å². The smallest absolute Gasteiger partial charge is 0.212 e. The van der Waals surface area contributed by atoms with E-state index in [1.165, 1.54) is 17.4 Å². The van der Waals surface area contributed by atoms with Crippen molar-refractivity contribution >= 4 is 46.5 Å². The van der Waals surface area contributed by atoms with Crippen LogP contribution in [0.1, 0.15) is 12.5 Å². The number of anilines is 1. The fourth-order valence-corrected chi connectivity index (χ4v) is 2.42. The van der Waals surface area contributed by atoms with Crippen LogP contribution < -0.4 is 10.2 Å². The molecule has 0 unspecified atom stereocenters. The summed E-state index contributed by atoms with van der Waals surface area (Å²) in [5, 5.41) is 2.45. The van der Waals surface area contributed by atoms with Gasteiger partial charge in [0.25, 0.3) is 0 Å². The highest BCUT2D eigenvalue weighted by atomic mass is 32.2. The Balaban J connectivity index is 2.59. The first-order valence-corrected chi connectivity index (χ1v) is 7.29. The molecule has 0 saturated heterocycles. The highest BCUT2D eigenvalue weighted by Gasteiger charge is 1.96. The second-order valence-corrected chi connectivity index (χ2v) is 6.20. The highest BCUT2D eigenvalue weighted by molar-refractivity contribution is 8.25. The van der Waals surface area contributed by atoms with Crippen molar-refractivity contribution in [3.05, 3.63) is 46.9 Å². The average Bonchev–Trinajstić information content (AvgIpc) is 2.39. The summed E-state index contributed by atoms with van der Waals surface area (Å²) in [7, 11) is 4.04. The number of nitrogens with zero attached hydrogens (tertiary/aromatic N) is 1. The third kappa shape index (κ3) is 6.04. The third-order valence-corrected chi connectivity index (χ3v) is 3.59. The number of rotatable bonds is 5. The molecule has 0 saturated carbocycles. The molecule has 0 aliphatic rings. The topological polar surface area (TPSA) is 32.3 Å². The molecule has 1 aromatic carbocycles. The van der Waals surface area contributed by atoms with E-state index in [1.807, 2.05) is 39.2 Å². The van der Waals surface area contributed by atoms with E-state index in [1.54, 1.807) is 0 Å². The van der Waals surface area contributed by atoms with Crippen molar-refractivity contribution in [1.82, 2.24) is 5.32 Å². The minimum Gasteiger partial charge on any atom is -0.378 e. The maximum absolute atomic E-state index is 10.2. The number of benzene rings is 1. The number of thioether (sulfide) groups is 1. The van der Waals surface area contributed by atoms with Gasteiger partial charge in [-0.3, -0.25) is 4.79 Å². The van der Waals surface area contributed by atoms with E-state index in [0.29, 0.717) is 10.7 Å². The molecule has 0 radical (unpaired) electrons. The Bertz CT molecular complexity index is 519. The van der Waals surface area contributed by atoms with E-state index in [9.17, 15) is 4.79 Å². The molecule has 0 spiro atoms. The van der Waals surface area contributed by atoms with Gasteiger partial charge >= 0.3 is 0 Å². The summed E-state index contributed by atoms with van der Waals surface area (Å²) in [6.45, 7) is 1.95. The molecule has 1 N–H and O–H groups in total. The molecule has 1 amide bonds. The molecule has 0 heterocycles. The van der Waals surface area contributed by atoms with Gasteiger partial charge in [0.15, 0.2) is 0 Å². The van der Waals surface area contributed by atoms with Crippen LogP contribution in [0.15, 0.2) is 41.3 Å². The first-order valence-electron chi connectivity index (χ1n) is 6.07. The molecule has 106 valence electrons. The summed E-state index contributed by atoms with van der Waals surface area (Å²) in [6.07, 6.45) is 6.55. The van der Waals surface area contributed by atoms with Crippen LogP contribution >= 0.6 is 24.0 Å². The van der Waals surface area contributed by atoms with Crippen molar-refractivity contribution in [2.24, 2.45) is 0 Å². The van der Waals surface area contributed by atoms with E-state index in [-0.39, 0.29) is 0 Å². The summed E-state index contributed by atoms with van der Waals surface area (Å²) in [6, 6.07) is 8.30. The normalized spacial score (nSPS) is 11.4. The molecular weight excluding hydrogens is 288 g/mol. The van der Waals surface area contributed by atoms with Crippen LogP contribution in [0, 0.1) is 0 Å². The lowest BCUT2D eigenvalue weighted by Crippen LogP contribution is -2.14. The Morgan fingerprint density at radius 2 is 1.95 bits per heavy atom. The molecule has 0 aromatic heterocycles. The predicted molar refractivity (Wildman–Crippen MR) is 92.9 cm³/mol. The van der Waals surface area contributed by atoms with Crippen molar-refractivity contribution in [1.29, 1.82) is 0 Å². The van der Waals surface area contributed by atoms with Gasteiger partial charge in [-0.2, -0.15) is 0 Å². The first-order chi connectivity index (χ1) is 9.52. The van der Waals surface area contributed by atoms with Crippen LogP contribution in [0.5, 0.6) is 0 Å². The molecule has 1 rings (SSSR count). The molecular formula is C15H18N2OS2. The van der Waals surface area contributed by atoms with Gasteiger partial charge < -0.3 is 10.2 Å². The molecule has 0 aliphatic heterocycles. The zero-order valence-electron chi connectivity index (χ0n) is 11.8. The SMILES string of the molecule is C/C(=C\C=C\c1ccc(N(C)C)cc1)SC(=S)NC=O.